The van der Waals surface area contributed by atoms with Gasteiger partial charge in [-0.2, -0.15) is 13.6 Å². The number of nitrogens with one attached hydrogen (secondary N) is 2. The van der Waals surface area contributed by atoms with Crippen molar-refractivity contribution >= 4 is 88.6 Å². The van der Waals surface area contributed by atoms with Crippen LogP contribution in [-0.4, -0.2) is 79.7 Å². The summed E-state index contributed by atoms with van der Waals surface area (Å²) >= 11 is 0. The summed E-state index contributed by atoms with van der Waals surface area (Å²) in [5.74, 6) is -1.45. The molecule has 0 bridgehead atoms. The number of benzene rings is 5. The highest BCUT2D eigenvalue weighted by Crippen LogP contribution is 2.68. The molecule has 314 valence electrons. The van der Waals surface area contributed by atoms with Crippen molar-refractivity contribution in [3.63, 3.8) is 0 Å². The van der Waals surface area contributed by atoms with E-state index >= 15 is 0 Å². The van der Waals surface area contributed by atoms with Crippen molar-refractivity contribution in [3.05, 3.63) is 102 Å². The molecule has 60 heavy (non-hydrogen) atoms. The number of carbonyl (C=O) groups excluding carboxylic acids is 1. The molecule has 2 aromatic heterocycles. The van der Waals surface area contributed by atoms with E-state index in [4.69, 9.17) is 18.5 Å². The minimum atomic E-state index is -6.01. The number of aromatic nitrogens is 4. The molecule has 3 heterocycles. The van der Waals surface area contributed by atoms with Gasteiger partial charge in [-0.1, -0.05) is 66.7 Å². The molecule has 5 aromatic carbocycles. The quantitative estimate of drug-likeness (QED) is 0.0655. The van der Waals surface area contributed by atoms with Crippen molar-refractivity contribution in [2.24, 2.45) is 0 Å². The highest BCUT2D eigenvalue weighted by atomic mass is 32.2. The number of sulfone groups is 1. The van der Waals surface area contributed by atoms with E-state index in [1.165, 1.54) is 29.7 Å². The minimum Gasteiger partial charge on any atom is -0.483 e. The number of phosphoric ester groups is 2. The van der Waals surface area contributed by atoms with E-state index in [9.17, 15) is 46.4 Å². The van der Waals surface area contributed by atoms with Gasteiger partial charge in [0.25, 0.3) is 5.56 Å². The first-order valence-corrected chi connectivity index (χ1v) is 23.7. The standard InChI is InChI=1S/C35H32N5O16P3S/c1-20(41)37-35-38-32-30(33(42)39-35)36-19-40(32)34-31(53-24-8-3-2-4-9-24)26(18-51-34)54-58(45,46)56-59(47,48)55-57(43,44)52-16-17-60(49,50)27-15-13-23-11-10-21-6-5-7-22-12-14-25(27)29(23)28(21)22/h2-15,19,26,31,34H,16-18H2,1H3,(H,43,44)(H,45,46)(H,47,48)(H2,37,38,39,41,42)/t26?,31-,34+/m0/s1. The molecule has 8 rings (SSSR count). The number of aromatic amines is 1. The molecular weight excluding hydrogens is 871 g/mol. The first kappa shape index (κ1) is 41.8. The average Bonchev–Trinajstić information content (AvgIpc) is 3.76. The number of nitrogens with zero attached hydrogens (tertiary/aromatic N) is 3. The Bertz CT molecular complexity index is 3100. The fraction of sp³-hybridized carbons (Fsp3) is 0.200. The lowest BCUT2D eigenvalue weighted by Gasteiger charge is -2.26. The third-order valence-corrected chi connectivity index (χ3v) is 15.3. The third kappa shape index (κ3) is 8.64. The zero-order chi connectivity index (χ0) is 42.6. The van der Waals surface area contributed by atoms with E-state index < -0.39 is 82.2 Å². The van der Waals surface area contributed by atoms with Crippen LogP contribution in [0.15, 0.2) is 101 Å². The van der Waals surface area contributed by atoms with Crippen LogP contribution in [0.4, 0.5) is 5.95 Å². The smallest absolute Gasteiger partial charge is 0.483 e. The number of amides is 1. The lowest BCUT2D eigenvalue weighted by molar-refractivity contribution is -0.114. The van der Waals surface area contributed by atoms with Crippen LogP contribution in [-0.2, 0) is 50.7 Å². The number of carbonyl (C=O) groups is 1. The van der Waals surface area contributed by atoms with Gasteiger partial charge >= 0.3 is 23.5 Å². The van der Waals surface area contributed by atoms with Crippen LogP contribution in [0.3, 0.4) is 0 Å². The van der Waals surface area contributed by atoms with Crippen molar-refractivity contribution in [1.82, 2.24) is 19.5 Å². The van der Waals surface area contributed by atoms with E-state index in [-0.39, 0.29) is 27.8 Å². The van der Waals surface area contributed by atoms with Crippen molar-refractivity contribution in [3.8, 4) is 5.75 Å². The van der Waals surface area contributed by atoms with Gasteiger partial charge in [-0.15, -0.1) is 0 Å². The first-order valence-electron chi connectivity index (χ1n) is 17.6. The van der Waals surface area contributed by atoms with Gasteiger partial charge in [0.2, 0.25) is 11.9 Å². The average molecular weight is 904 g/mol. The summed E-state index contributed by atoms with van der Waals surface area (Å²) in [5.41, 5.74) is -1.00. The molecule has 1 aliphatic heterocycles. The zero-order valence-electron chi connectivity index (χ0n) is 30.8. The topological polar surface area (TPSA) is 294 Å². The largest absolute Gasteiger partial charge is 0.490 e. The normalized spacial score (nSPS) is 20.3. The van der Waals surface area contributed by atoms with Crippen molar-refractivity contribution in [1.29, 1.82) is 0 Å². The van der Waals surface area contributed by atoms with Gasteiger partial charge in [0.1, 0.15) is 11.9 Å². The Morgan fingerprint density at radius 2 is 1.57 bits per heavy atom. The highest BCUT2D eigenvalue weighted by Gasteiger charge is 2.49. The van der Waals surface area contributed by atoms with Crippen LogP contribution in [0.1, 0.15) is 13.2 Å². The van der Waals surface area contributed by atoms with Crippen molar-refractivity contribution in [2.45, 2.75) is 30.3 Å². The second-order valence-corrected chi connectivity index (χ2v) is 20.0. The second-order valence-electron chi connectivity index (χ2n) is 13.3. The lowest BCUT2D eigenvalue weighted by Crippen LogP contribution is -2.35. The van der Waals surface area contributed by atoms with Gasteiger partial charge in [-0.3, -0.25) is 33.5 Å². The predicted octanol–water partition coefficient (Wildman–Crippen LogP) is 5.16. The summed E-state index contributed by atoms with van der Waals surface area (Å²) in [6.07, 6.45) is -3.15. The summed E-state index contributed by atoms with van der Waals surface area (Å²) in [6.45, 7) is -0.370. The molecule has 0 spiro atoms. The van der Waals surface area contributed by atoms with Gasteiger partial charge in [0, 0.05) is 12.3 Å². The van der Waals surface area contributed by atoms with Crippen LogP contribution >= 0.6 is 23.5 Å². The molecule has 0 radical (unpaired) electrons. The Morgan fingerprint density at radius 3 is 2.28 bits per heavy atom. The van der Waals surface area contributed by atoms with E-state index in [1.54, 1.807) is 36.4 Å². The van der Waals surface area contributed by atoms with Crippen molar-refractivity contribution < 1.29 is 68.7 Å². The van der Waals surface area contributed by atoms with Crippen LogP contribution in [0.2, 0.25) is 0 Å². The number of anilines is 1. The molecule has 25 heteroatoms. The van der Waals surface area contributed by atoms with E-state index in [1.807, 2.05) is 30.3 Å². The van der Waals surface area contributed by atoms with Gasteiger partial charge in [0.15, 0.2) is 33.3 Å². The molecule has 21 nitrogen and oxygen atoms in total. The zero-order valence-corrected chi connectivity index (χ0v) is 34.3. The third-order valence-electron chi connectivity index (χ3n) is 9.21. The number of hydrogen-bond donors (Lipinski definition) is 5. The Hall–Kier alpha value is -4.92. The fourth-order valence-corrected chi connectivity index (χ4v) is 12.0. The number of phosphoric acid groups is 3. The number of rotatable bonds is 15. The molecular formula is C35H32N5O16P3S. The fourth-order valence-electron chi connectivity index (χ4n) is 6.87. The molecule has 6 atom stereocenters. The van der Waals surface area contributed by atoms with E-state index in [2.05, 4.69) is 28.9 Å². The van der Waals surface area contributed by atoms with E-state index in [0.717, 1.165) is 27.9 Å². The molecule has 4 unspecified atom stereocenters. The van der Waals surface area contributed by atoms with Gasteiger partial charge in [-0.25, -0.2) is 27.1 Å². The lowest BCUT2D eigenvalue weighted by atomic mass is 9.94. The van der Waals surface area contributed by atoms with Crippen LogP contribution < -0.4 is 15.6 Å². The molecule has 0 saturated carbocycles. The molecule has 1 saturated heterocycles. The molecule has 1 amide bonds. The number of ether oxygens (including phenoxy) is 2. The Kier molecular flexibility index (Phi) is 11.0. The highest BCUT2D eigenvalue weighted by molar-refractivity contribution is 7.91. The molecule has 1 fully saturated rings. The monoisotopic (exact) mass is 903 g/mol. The summed E-state index contributed by atoms with van der Waals surface area (Å²) < 4.78 is 97.3. The number of para-hydroxylation sites is 1. The summed E-state index contributed by atoms with van der Waals surface area (Å²) in [5, 5.41) is 6.91. The summed E-state index contributed by atoms with van der Waals surface area (Å²) in [6, 6.07) is 23.9. The Labute approximate surface area is 337 Å². The van der Waals surface area contributed by atoms with Gasteiger partial charge < -0.3 is 24.2 Å². The number of imidazole rings is 1. The van der Waals surface area contributed by atoms with Crippen molar-refractivity contribution in [2.75, 3.05) is 24.3 Å². The molecule has 0 aliphatic carbocycles. The Morgan fingerprint density at radius 1 is 0.900 bits per heavy atom. The Balaban J connectivity index is 0.952. The number of fused-ring (bicyclic) bond motifs is 1. The van der Waals surface area contributed by atoms with Gasteiger partial charge in [-0.05, 0) is 45.1 Å². The van der Waals surface area contributed by atoms with Crippen LogP contribution in [0.5, 0.6) is 5.75 Å². The van der Waals surface area contributed by atoms with Gasteiger partial charge in [0.05, 0.1) is 30.2 Å². The molecule has 7 aromatic rings. The maximum atomic E-state index is 13.5. The second kappa shape index (κ2) is 15.8. The predicted molar refractivity (Wildman–Crippen MR) is 213 cm³/mol. The first-order chi connectivity index (χ1) is 28.4. The molecule has 1 aliphatic rings. The number of H-pyrrole nitrogens is 1. The number of hydrogen-bond acceptors (Lipinski definition) is 15. The summed E-state index contributed by atoms with van der Waals surface area (Å²) in [7, 11) is -21.6. The van der Waals surface area contributed by atoms with E-state index in [0.29, 0.717) is 10.8 Å². The van der Waals surface area contributed by atoms with Crippen LogP contribution in [0, 0.1) is 0 Å². The minimum absolute atomic E-state index is 0.0892. The summed E-state index contributed by atoms with van der Waals surface area (Å²) in [4.78, 5) is 66.0. The SMILES string of the molecule is CC(=O)Nc1nc2c(ncn2[C@@H]2OCC(OP(=O)(O)OP(=O)(O)OP(=O)(O)OCCS(=O)(=O)c3ccc4ccc5cccc6ccc3c4c56)[C@@H]2Oc2ccccc2)c(=O)[nH]1. The maximum absolute atomic E-state index is 13.5. The van der Waals surface area contributed by atoms with Crippen LogP contribution in [0.25, 0.3) is 43.5 Å². The maximum Gasteiger partial charge on any atom is 0.490 e. The molecule has 5 N–H and O–H groups in total.